The lowest BCUT2D eigenvalue weighted by Crippen LogP contribution is -2.08. The number of benzene rings is 1. The van der Waals surface area contributed by atoms with E-state index in [1.165, 1.54) is 0 Å². The molecule has 26 heavy (non-hydrogen) atoms. The van der Waals surface area contributed by atoms with Gasteiger partial charge in [0.15, 0.2) is 0 Å². The number of hydrogen-bond acceptors (Lipinski definition) is 5. The Morgan fingerprint density at radius 3 is 2.77 bits per heavy atom. The van der Waals surface area contributed by atoms with E-state index in [1.807, 2.05) is 37.3 Å². The van der Waals surface area contributed by atoms with Gasteiger partial charge in [0.2, 0.25) is 0 Å². The lowest BCUT2D eigenvalue weighted by molar-refractivity contribution is -0.119. The molecule has 0 spiro atoms. The van der Waals surface area contributed by atoms with Crippen molar-refractivity contribution in [2.75, 3.05) is 11.6 Å². The lowest BCUT2D eigenvalue weighted by atomic mass is 10.1. The van der Waals surface area contributed by atoms with E-state index < -0.39 is 10.8 Å². The Hall–Kier alpha value is -2.34. The van der Waals surface area contributed by atoms with Crippen LogP contribution in [0.25, 0.3) is 0 Å². The van der Waals surface area contributed by atoms with Crippen LogP contribution in [0.4, 0.5) is 17.1 Å². The number of hydrogen-bond donors (Lipinski definition) is 1. The first kappa shape index (κ1) is 17.1. The number of carbonyl (C=O) groups excluding carboxylic acids is 1. The molecular formula is C20H21N3O2S. The molecule has 2 heterocycles. The molecule has 1 saturated carbocycles. The number of rotatable bonds is 6. The fourth-order valence-corrected chi connectivity index (χ4v) is 3.95. The Morgan fingerprint density at radius 2 is 2.04 bits per heavy atom. The van der Waals surface area contributed by atoms with E-state index in [4.69, 9.17) is 0 Å². The quantitative estimate of drug-likeness (QED) is 0.844. The number of para-hydroxylation sites is 1. The van der Waals surface area contributed by atoms with Crippen LogP contribution >= 0.6 is 0 Å². The van der Waals surface area contributed by atoms with Crippen LogP contribution in [0.15, 0.2) is 40.2 Å². The summed E-state index contributed by atoms with van der Waals surface area (Å²) in [6, 6.07) is 9.46. The highest BCUT2D eigenvalue weighted by molar-refractivity contribution is 7.84. The average Bonchev–Trinajstić information content (AvgIpc) is 3.37. The van der Waals surface area contributed by atoms with Crippen LogP contribution in [0.3, 0.4) is 0 Å². The van der Waals surface area contributed by atoms with E-state index in [0.29, 0.717) is 12.8 Å². The van der Waals surface area contributed by atoms with Gasteiger partial charge in [-0.2, -0.15) is 0 Å². The zero-order chi connectivity index (χ0) is 18.3. The van der Waals surface area contributed by atoms with E-state index in [1.54, 1.807) is 6.26 Å². The van der Waals surface area contributed by atoms with E-state index in [2.05, 4.69) is 15.3 Å². The largest absolute Gasteiger partial charge is 0.353 e. The van der Waals surface area contributed by atoms with E-state index in [0.717, 1.165) is 51.9 Å². The maximum absolute atomic E-state index is 12.2. The Balaban J connectivity index is 1.71. The van der Waals surface area contributed by atoms with Crippen molar-refractivity contribution < 1.29 is 9.00 Å². The second kappa shape index (κ2) is 6.76. The van der Waals surface area contributed by atoms with Gasteiger partial charge in [0.05, 0.1) is 38.5 Å². The Kier molecular flexibility index (Phi) is 4.44. The number of nitrogens with zero attached hydrogens (tertiary/aromatic N) is 2. The molecule has 0 radical (unpaired) electrons. The molecule has 2 aliphatic rings. The number of anilines is 2. The lowest BCUT2D eigenvalue weighted by Gasteiger charge is -2.14. The summed E-state index contributed by atoms with van der Waals surface area (Å²) in [5.74, 6) is 0.497. The van der Waals surface area contributed by atoms with Crippen LogP contribution in [0.5, 0.6) is 0 Å². The molecule has 1 N–H and O–H groups in total. The summed E-state index contributed by atoms with van der Waals surface area (Å²) in [5, 5.41) is 3.38. The van der Waals surface area contributed by atoms with Gasteiger partial charge in [0, 0.05) is 30.7 Å². The zero-order valence-corrected chi connectivity index (χ0v) is 15.7. The molecule has 134 valence electrons. The third kappa shape index (κ3) is 3.46. The highest BCUT2D eigenvalue weighted by atomic mass is 32.2. The summed E-state index contributed by atoms with van der Waals surface area (Å²) in [7, 11) is -1.10. The minimum Gasteiger partial charge on any atom is -0.353 e. The molecule has 1 fully saturated rings. The first-order chi connectivity index (χ1) is 12.5. The van der Waals surface area contributed by atoms with Gasteiger partial charge < -0.3 is 5.32 Å². The first-order valence-electron chi connectivity index (χ1n) is 8.80. The number of carbonyl (C=O) groups is 1. The molecule has 0 unspecified atom stereocenters. The van der Waals surface area contributed by atoms with Crippen molar-refractivity contribution in [3.8, 4) is 0 Å². The molecule has 0 amide bonds. The van der Waals surface area contributed by atoms with Gasteiger partial charge in [-0.3, -0.25) is 19.0 Å². The number of aromatic nitrogens is 1. The van der Waals surface area contributed by atoms with Crippen LogP contribution < -0.4 is 5.32 Å². The summed E-state index contributed by atoms with van der Waals surface area (Å²) >= 11 is 0. The molecule has 4 rings (SSSR count). The van der Waals surface area contributed by atoms with Crippen LogP contribution in [0.2, 0.25) is 0 Å². The number of aliphatic imine (C=N–C) groups is 1. The van der Waals surface area contributed by atoms with Gasteiger partial charge in [-0.25, -0.2) is 0 Å². The van der Waals surface area contributed by atoms with Crippen molar-refractivity contribution in [3.63, 3.8) is 0 Å². The monoisotopic (exact) mass is 367 g/mol. The van der Waals surface area contributed by atoms with E-state index in [-0.39, 0.29) is 11.7 Å². The third-order valence-corrected chi connectivity index (χ3v) is 5.67. The van der Waals surface area contributed by atoms with Gasteiger partial charge in [0.25, 0.3) is 0 Å². The maximum Gasteiger partial charge on any atom is 0.141 e. The van der Waals surface area contributed by atoms with Crippen molar-refractivity contribution in [2.45, 2.75) is 37.5 Å². The summed E-state index contributed by atoms with van der Waals surface area (Å²) in [4.78, 5) is 22.3. The molecular weight excluding hydrogens is 346 g/mol. The number of ketones is 1. The molecule has 2 aromatic rings. The summed E-state index contributed by atoms with van der Waals surface area (Å²) in [6.07, 6.45) is 4.75. The second-order valence-corrected chi connectivity index (χ2v) is 8.32. The van der Waals surface area contributed by atoms with Crippen molar-refractivity contribution >= 4 is 39.4 Å². The van der Waals surface area contributed by atoms with Gasteiger partial charge in [-0.1, -0.05) is 12.1 Å². The molecule has 1 aliphatic carbocycles. The normalized spacial score (nSPS) is 16.8. The third-order valence-electron chi connectivity index (χ3n) is 4.70. The fourth-order valence-electron chi connectivity index (χ4n) is 3.25. The van der Waals surface area contributed by atoms with E-state index >= 15 is 0 Å². The van der Waals surface area contributed by atoms with Crippen LogP contribution in [-0.2, 0) is 28.4 Å². The maximum atomic E-state index is 12.2. The first-order valence-corrected chi connectivity index (χ1v) is 10.4. The highest BCUT2D eigenvalue weighted by Gasteiger charge is 2.30. The number of nitrogens with one attached hydrogen (secondary N) is 1. The minimum absolute atomic E-state index is 0.225. The minimum atomic E-state index is -1.10. The second-order valence-electron chi connectivity index (χ2n) is 6.97. The Bertz CT molecular complexity index is 948. The molecule has 1 aromatic heterocycles. The molecule has 1 aromatic carbocycles. The van der Waals surface area contributed by atoms with Crippen molar-refractivity contribution in [1.82, 2.24) is 4.98 Å². The summed E-state index contributed by atoms with van der Waals surface area (Å²) in [6.45, 7) is 1.98. The van der Waals surface area contributed by atoms with E-state index in [9.17, 15) is 9.00 Å². The molecule has 6 heteroatoms. The van der Waals surface area contributed by atoms with Crippen LogP contribution in [-0.4, -0.2) is 26.9 Å². The number of pyridine rings is 1. The Morgan fingerprint density at radius 1 is 1.27 bits per heavy atom. The van der Waals surface area contributed by atoms with Gasteiger partial charge in [-0.05, 0) is 38.0 Å². The molecule has 0 bridgehead atoms. The zero-order valence-electron chi connectivity index (χ0n) is 14.9. The predicted octanol–water partition coefficient (Wildman–Crippen LogP) is 3.73. The highest BCUT2D eigenvalue weighted by Crippen LogP contribution is 2.38. The molecule has 5 nitrogen and oxygen atoms in total. The van der Waals surface area contributed by atoms with Crippen molar-refractivity contribution in [2.24, 2.45) is 10.9 Å². The van der Waals surface area contributed by atoms with Crippen LogP contribution in [0.1, 0.15) is 31.2 Å². The molecule has 0 saturated heterocycles. The Labute approximate surface area is 155 Å². The molecule has 1 atom stereocenters. The van der Waals surface area contributed by atoms with Gasteiger partial charge >= 0.3 is 0 Å². The standard InChI is InChI=1S/C20H21N3O2S/c1-12-9-16-20(21-12)17(10-14(22-16)11-18(24)13-7-8-13)23-15-5-3-4-6-19(15)26(2)25/h3-6,10,13H,7-9,11H2,1-2H3,(H,22,23)/t26-/m0/s1. The number of fused-ring (bicyclic) bond motifs is 1. The average molecular weight is 367 g/mol. The number of Topliss-reactive ketones (excluding diaryl/α,β-unsaturated/α-hetero) is 1. The van der Waals surface area contributed by atoms with Gasteiger partial charge in [0.1, 0.15) is 11.5 Å². The topological polar surface area (TPSA) is 71.4 Å². The predicted molar refractivity (Wildman–Crippen MR) is 104 cm³/mol. The SMILES string of the molecule is CC1=Nc2c(Nc3ccccc3[S@](C)=O)cc(CC(=O)C3CC3)nc2C1. The summed E-state index contributed by atoms with van der Waals surface area (Å²) in [5.41, 5.74) is 5.13. The smallest absolute Gasteiger partial charge is 0.141 e. The fraction of sp³-hybridized carbons (Fsp3) is 0.350. The molecule has 1 aliphatic heterocycles. The van der Waals surface area contributed by atoms with Gasteiger partial charge in [-0.15, -0.1) is 0 Å². The van der Waals surface area contributed by atoms with Crippen LogP contribution in [0, 0.1) is 5.92 Å². The van der Waals surface area contributed by atoms with Crippen molar-refractivity contribution in [3.05, 3.63) is 41.7 Å². The summed E-state index contributed by atoms with van der Waals surface area (Å²) < 4.78 is 12.0. The van der Waals surface area contributed by atoms with Crippen molar-refractivity contribution in [1.29, 1.82) is 0 Å².